The number of hydrogen-bond donors (Lipinski definition) is 0. The first-order chi connectivity index (χ1) is 15.9. The average Bonchev–Trinajstić information content (AvgIpc) is 2.71. The number of nitrogens with zero attached hydrogens (tertiary/aromatic N) is 1. The van der Waals surface area contributed by atoms with Gasteiger partial charge in [-0.3, -0.25) is 0 Å². The van der Waals surface area contributed by atoms with Crippen molar-refractivity contribution in [2.75, 3.05) is 13.2 Å². The number of fused-ring (bicyclic) bond motifs is 1. The van der Waals surface area contributed by atoms with Crippen molar-refractivity contribution >= 4 is 12.2 Å². The molecular weight excluding hydrogens is 442 g/mol. The summed E-state index contributed by atoms with van der Waals surface area (Å²) in [4.78, 5) is 30.0. The lowest BCUT2D eigenvalue weighted by Gasteiger charge is -2.31. The first kappa shape index (κ1) is 25.0. The maximum Gasteiger partial charge on any atom is 0.534 e. The fourth-order valence-corrected chi connectivity index (χ4v) is 2.88. The van der Waals surface area contributed by atoms with Crippen molar-refractivity contribution in [3.8, 4) is 23.0 Å². The van der Waals surface area contributed by atoms with Crippen LogP contribution in [0.1, 0.15) is 41.5 Å². The van der Waals surface area contributed by atoms with Crippen molar-refractivity contribution in [2.24, 2.45) is 0 Å². The lowest BCUT2D eigenvalue weighted by atomic mass is 10.2. The summed E-state index contributed by atoms with van der Waals surface area (Å²) < 4.78 is 28.1. The first-order valence-corrected chi connectivity index (χ1v) is 11.0. The molecule has 0 saturated carbocycles. The summed E-state index contributed by atoms with van der Waals surface area (Å²) in [6, 6.07) is 14.6. The molecule has 0 aliphatic carbocycles. The normalized spacial score (nSPS) is 15.2. The van der Waals surface area contributed by atoms with Crippen molar-refractivity contribution in [1.29, 1.82) is 0 Å². The maximum atomic E-state index is 12.7. The second-order valence-corrected chi connectivity index (χ2v) is 9.67. The molecule has 1 heterocycles. The van der Waals surface area contributed by atoms with Gasteiger partial charge in [0.2, 0.25) is 0 Å². The van der Waals surface area contributed by atoms with Crippen LogP contribution in [0.4, 0.5) is 9.59 Å². The molecule has 9 heteroatoms. The Bertz CT molecular complexity index is 994. The highest BCUT2D eigenvalue weighted by molar-refractivity contribution is 5.70. The van der Waals surface area contributed by atoms with Gasteiger partial charge < -0.3 is 28.5 Å². The molecule has 34 heavy (non-hydrogen) atoms. The standard InChI is InChI=1S/C25H31NO8/c1-24(2,3)32-22(27)26(34-23(28)33-25(4,5)6)15-19-16-29-21-14-18(12-13-20(21)31-19)30-17-10-8-7-9-11-17/h7-14,19H,15-16H2,1-6H3. The third-order valence-electron chi connectivity index (χ3n) is 4.15. The van der Waals surface area contributed by atoms with Gasteiger partial charge in [-0.25, -0.2) is 9.59 Å². The molecule has 1 amide bonds. The van der Waals surface area contributed by atoms with Gasteiger partial charge in [0.25, 0.3) is 0 Å². The molecule has 1 aliphatic rings. The number of hydrogen-bond acceptors (Lipinski definition) is 8. The van der Waals surface area contributed by atoms with E-state index >= 15 is 0 Å². The van der Waals surface area contributed by atoms with E-state index in [0.717, 1.165) is 5.06 Å². The summed E-state index contributed by atoms with van der Waals surface area (Å²) in [6.45, 7) is 10.2. The predicted molar refractivity (Wildman–Crippen MR) is 123 cm³/mol. The molecule has 1 aliphatic heterocycles. The van der Waals surface area contributed by atoms with Crippen molar-refractivity contribution in [3.63, 3.8) is 0 Å². The number of rotatable bonds is 4. The predicted octanol–water partition coefficient (Wildman–Crippen LogP) is 5.72. The van der Waals surface area contributed by atoms with E-state index in [1.807, 2.05) is 30.3 Å². The van der Waals surface area contributed by atoms with Gasteiger partial charge in [-0.15, -0.1) is 5.06 Å². The largest absolute Gasteiger partial charge is 0.534 e. The summed E-state index contributed by atoms with van der Waals surface area (Å²) >= 11 is 0. The molecule has 0 spiro atoms. The average molecular weight is 474 g/mol. The molecule has 0 bridgehead atoms. The van der Waals surface area contributed by atoms with E-state index in [0.29, 0.717) is 23.0 Å². The summed E-state index contributed by atoms with van der Waals surface area (Å²) in [6.07, 6.45) is -2.50. The van der Waals surface area contributed by atoms with Gasteiger partial charge in [0.05, 0.1) is 0 Å². The van der Waals surface area contributed by atoms with Gasteiger partial charge in [0.15, 0.2) is 17.6 Å². The van der Waals surface area contributed by atoms with Gasteiger partial charge in [0.1, 0.15) is 35.9 Å². The third kappa shape index (κ3) is 7.75. The summed E-state index contributed by atoms with van der Waals surface area (Å²) in [5.41, 5.74) is -1.59. The van der Waals surface area contributed by atoms with E-state index in [4.69, 9.17) is 28.5 Å². The molecular formula is C25H31NO8. The molecule has 0 radical (unpaired) electrons. The van der Waals surface area contributed by atoms with Crippen LogP contribution in [0.2, 0.25) is 0 Å². The Labute approximate surface area is 199 Å². The number of para-hydroxylation sites is 1. The number of carbonyl (C=O) groups excluding carboxylic acids is 2. The molecule has 0 aromatic heterocycles. The second kappa shape index (κ2) is 10.1. The Morgan fingerprint density at radius 3 is 2.24 bits per heavy atom. The highest BCUT2D eigenvalue weighted by Gasteiger charge is 2.33. The summed E-state index contributed by atoms with van der Waals surface area (Å²) in [5, 5.41) is 0.783. The number of amides is 1. The Morgan fingerprint density at radius 1 is 0.912 bits per heavy atom. The van der Waals surface area contributed by atoms with Crippen LogP contribution in [-0.4, -0.2) is 47.8 Å². The molecule has 9 nitrogen and oxygen atoms in total. The third-order valence-corrected chi connectivity index (χ3v) is 4.15. The minimum atomic E-state index is -1.03. The number of hydroxylamine groups is 2. The molecule has 3 rings (SSSR count). The molecule has 2 aromatic carbocycles. The highest BCUT2D eigenvalue weighted by Crippen LogP contribution is 2.36. The maximum absolute atomic E-state index is 12.7. The second-order valence-electron chi connectivity index (χ2n) is 9.67. The monoisotopic (exact) mass is 473 g/mol. The Hall–Kier alpha value is -3.62. The van der Waals surface area contributed by atoms with Crippen molar-refractivity contribution in [3.05, 3.63) is 48.5 Å². The van der Waals surface area contributed by atoms with Crippen molar-refractivity contribution < 1.29 is 38.1 Å². The van der Waals surface area contributed by atoms with Crippen LogP contribution in [-0.2, 0) is 14.3 Å². The first-order valence-electron chi connectivity index (χ1n) is 11.0. The zero-order valence-corrected chi connectivity index (χ0v) is 20.3. The quantitative estimate of drug-likeness (QED) is 0.411. The lowest BCUT2D eigenvalue weighted by molar-refractivity contribution is -0.147. The number of carbonyl (C=O) groups is 2. The topological polar surface area (TPSA) is 92.8 Å². The lowest BCUT2D eigenvalue weighted by Crippen LogP contribution is -2.46. The van der Waals surface area contributed by atoms with Gasteiger partial charge in [-0.05, 0) is 65.8 Å². The Kier molecular flexibility index (Phi) is 7.44. The van der Waals surface area contributed by atoms with Crippen LogP contribution in [0.15, 0.2) is 48.5 Å². The zero-order chi connectivity index (χ0) is 24.9. The van der Waals surface area contributed by atoms with Gasteiger partial charge >= 0.3 is 12.2 Å². The van der Waals surface area contributed by atoms with Crippen LogP contribution in [0.3, 0.4) is 0 Å². The molecule has 1 unspecified atom stereocenters. The van der Waals surface area contributed by atoms with Crippen molar-refractivity contribution in [1.82, 2.24) is 5.06 Å². The fourth-order valence-electron chi connectivity index (χ4n) is 2.88. The Balaban J connectivity index is 1.67. The van der Waals surface area contributed by atoms with E-state index < -0.39 is 29.6 Å². The van der Waals surface area contributed by atoms with Crippen LogP contribution in [0.5, 0.6) is 23.0 Å². The van der Waals surface area contributed by atoms with Crippen LogP contribution < -0.4 is 14.2 Å². The van der Waals surface area contributed by atoms with Crippen LogP contribution in [0.25, 0.3) is 0 Å². The molecule has 2 aromatic rings. The SMILES string of the molecule is CC(C)(C)OC(=O)ON(CC1COc2cc(Oc3ccccc3)ccc2O1)C(=O)OC(C)(C)C. The van der Waals surface area contributed by atoms with E-state index in [-0.39, 0.29) is 13.2 Å². The smallest absolute Gasteiger partial charge is 0.486 e. The number of ether oxygens (including phenoxy) is 5. The minimum absolute atomic E-state index is 0.110. The molecule has 0 fully saturated rings. The summed E-state index contributed by atoms with van der Waals surface area (Å²) in [7, 11) is 0. The van der Waals surface area contributed by atoms with Crippen LogP contribution >= 0.6 is 0 Å². The van der Waals surface area contributed by atoms with Crippen LogP contribution in [0, 0.1) is 0 Å². The molecule has 0 saturated heterocycles. The van der Waals surface area contributed by atoms with Crippen molar-refractivity contribution in [2.45, 2.75) is 58.8 Å². The van der Waals surface area contributed by atoms with E-state index in [2.05, 4.69) is 0 Å². The highest BCUT2D eigenvalue weighted by atomic mass is 16.8. The van der Waals surface area contributed by atoms with Gasteiger partial charge in [-0.2, -0.15) is 0 Å². The summed E-state index contributed by atoms with van der Waals surface area (Å²) in [5.74, 6) is 2.26. The van der Waals surface area contributed by atoms with E-state index in [9.17, 15) is 9.59 Å². The zero-order valence-electron chi connectivity index (χ0n) is 20.3. The van der Waals surface area contributed by atoms with E-state index in [1.165, 1.54) is 0 Å². The Morgan fingerprint density at radius 2 is 1.59 bits per heavy atom. The number of benzene rings is 2. The van der Waals surface area contributed by atoms with Gasteiger partial charge in [0, 0.05) is 6.07 Å². The molecule has 1 atom stereocenters. The van der Waals surface area contributed by atoms with E-state index in [1.54, 1.807) is 59.7 Å². The van der Waals surface area contributed by atoms with Gasteiger partial charge in [-0.1, -0.05) is 18.2 Å². The molecule has 0 N–H and O–H groups in total. The fraction of sp³-hybridized carbons (Fsp3) is 0.440. The minimum Gasteiger partial charge on any atom is -0.486 e. The molecule has 184 valence electrons.